The summed E-state index contributed by atoms with van der Waals surface area (Å²) in [6, 6.07) is 0. The van der Waals surface area contributed by atoms with Crippen molar-refractivity contribution in [3.8, 4) is 0 Å². The number of hydrogen-bond acceptors (Lipinski definition) is 5. The highest BCUT2D eigenvalue weighted by Crippen LogP contribution is 2.15. The number of quaternary nitrogens is 1. The molecule has 0 fully saturated rings. The lowest BCUT2D eigenvalue weighted by atomic mass is 10.0. The van der Waals surface area contributed by atoms with Crippen molar-refractivity contribution in [1.29, 1.82) is 0 Å². The molecule has 8 heteroatoms. The number of carbonyl (C=O) groups is 2. The fourth-order valence-corrected chi connectivity index (χ4v) is 8.47. The lowest BCUT2D eigenvalue weighted by Gasteiger charge is -2.34. The summed E-state index contributed by atoms with van der Waals surface area (Å²) in [6.45, 7) is 17.2. The smallest absolute Gasteiger partial charge is 0.219 e. The topological polar surface area (TPSA) is 93.7 Å². The summed E-state index contributed by atoms with van der Waals surface area (Å²) in [7, 11) is 4.54. The second kappa shape index (κ2) is 46.3. The van der Waals surface area contributed by atoms with Gasteiger partial charge >= 0.3 is 0 Å². The number of nitrogens with zero attached hydrogens (tertiary/aromatic N) is 2. The number of hydrogen-bond donors (Lipinski definition) is 4. The molecule has 0 saturated carbocycles. The Morgan fingerprint density at radius 3 is 1.39 bits per heavy atom. The van der Waals surface area contributed by atoms with Gasteiger partial charge < -0.3 is 25.5 Å². The van der Waals surface area contributed by atoms with Gasteiger partial charge in [-0.15, -0.1) is 13.2 Å². The summed E-state index contributed by atoms with van der Waals surface area (Å²) in [6.07, 6.45) is 45.1. The van der Waals surface area contributed by atoms with E-state index in [4.69, 9.17) is 0 Å². The molecule has 0 aliphatic heterocycles. The van der Waals surface area contributed by atoms with Gasteiger partial charge in [0.15, 0.2) is 0 Å². The second-order valence-corrected chi connectivity index (χ2v) is 19.2. The molecule has 0 aromatic rings. The highest BCUT2D eigenvalue weighted by molar-refractivity contribution is 5.76. The number of carbonyl (C=O) groups excluding carboxylic acids is 2. The Balaban J connectivity index is 4.43. The summed E-state index contributed by atoms with van der Waals surface area (Å²) < 4.78 is 0.846. The van der Waals surface area contributed by atoms with Crippen LogP contribution in [0.1, 0.15) is 225 Å². The van der Waals surface area contributed by atoms with Crippen molar-refractivity contribution in [1.82, 2.24) is 20.9 Å². The fourth-order valence-electron chi connectivity index (χ4n) is 8.47. The summed E-state index contributed by atoms with van der Waals surface area (Å²) in [5.74, 6) is 0.333. The van der Waals surface area contributed by atoms with Crippen molar-refractivity contribution in [3.05, 3.63) is 25.3 Å². The number of rotatable bonds is 50. The van der Waals surface area contributed by atoms with Gasteiger partial charge in [0, 0.05) is 45.6 Å². The molecule has 1 atom stereocenters. The molecular formula is C53H106N5O3+. The average molecular weight is 861 g/mol. The molecule has 360 valence electrons. The number of allylic oxidation sites excluding steroid dienone is 2. The molecule has 1 unspecified atom stereocenters. The van der Waals surface area contributed by atoms with Gasteiger partial charge in [0.25, 0.3) is 0 Å². The zero-order valence-corrected chi connectivity index (χ0v) is 41.2. The highest BCUT2D eigenvalue weighted by Gasteiger charge is 2.22. The molecule has 0 rings (SSSR count). The lowest BCUT2D eigenvalue weighted by Crippen LogP contribution is -2.50. The molecule has 8 nitrogen and oxygen atoms in total. The van der Waals surface area contributed by atoms with Gasteiger partial charge in [-0.25, -0.2) is 0 Å². The molecular weight excluding hydrogens is 755 g/mol. The number of amides is 2. The normalized spacial score (nSPS) is 12.2. The van der Waals surface area contributed by atoms with Gasteiger partial charge in [-0.05, 0) is 77.3 Å². The third-order valence-electron chi connectivity index (χ3n) is 12.3. The van der Waals surface area contributed by atoms with E-state index in [0.29, 0.717) is 32.5 Å². The van der Waals surface area contributed by atoms with Crippen LogP contribution in [-0.2, 0) is 9.59 Å². The van der Waals surface area contributed by atoms with Gasteiger partial charge in [0.2, 0.25) is 11.8 Å². The molecule has 0 aliphatic rings. The number of unbranched alkanes of at least 4 members (excludes halogenated alkanes) is 27. The number of aliphatic hydroxyl groups is 1. The molecule has 0 aromatic heterocycles. The highest BCUT2D eigenvalue weighted by atomic mass is 16.3. The van der Waals surface area contributed by atoms with E-state index < -0.39 is 6.10 Å². The molecule has 0 bridgehead atoms. The van der Waals surface area contributed by atoms with E-state index in [1.807, 2.05) is 12.2 Å². The first-order chi connectivity index (χ1) is 29.7. The Morgan fingerprint density at radius 2 is 0.934 bits per heavy atom. The molecule has 0 spiro atoms. The van der Waals surface area contributed by atoms with E-state index >= 15 is 0 Å². The molecule has 0 saturated heterocycles. The predicted octanol–water partition coefficient (Wildman–Crippen LogP) is 12.2. The SMILES string of the molecule is C=CCCCCCCCCC(=O)NCCCNCCN(CCCNC(=O)CCCCCCCCC=C)CC(O)C[N+](C)(C)CCCCCCCCCCCCCCCCCC. The van der Waals surface area contributed by atoms with Crippen LogP contribution in [0.25, 0.3) is 0 Å². The molecule has 2 amide bonds. The minimum Gasteiger partial charge on any atom is -0.386 e. The van der Waals surface area contributed by atoms with Crippen LogP contribution in [0.5, 0.6) is 0 Å². The van der Waals surface area contributed by atoms with E-state index in [-0.39, 0.29) is 11.8 Å². The maximum Gasteiger partial charge on any atom is 0.219 e. The Hall–Kier alpha value is -1.74. The third kappa shape index (κ3) is 46.1. The van der Waals surface area contributed by atoms with Crippen LogP contribution in [-0.4, -0.2) is 105 Å². The zero-order chi connectivity index (χ0) is 44.8. The van der Waals surface area contributed by atoms with Crippen molar-refractivity contribution < 1.29 is 19.2 Å². The van der Waals surface area contributed by atoms with Crippen LogP contribution >= 0.6 is 0 Å². The molecule has 61 heavy (non-hydrogen) atoms. The van der Waals surface area contributed by atoms with Crippen molar-refractivity contribution in [2.45, 2.75) is 231 Å². The van der Waals surface area contributed by atoms with Crippen molar-refractivity contribution >= 4 is 11.8 Å². The average Bonchev–Trinajstić information content (AvgIpc) is 3.23. The fraction of sp³-hybridized carbons (Fsp3) is 0.887. The van der Waals surface area contributed by atoms with Crippen LogP contribution in [0, 0.1) is 0 Å². The predicted molar refractivity (Wildman–Crippen MR) is 266 cm³/mol. The molecule has 0 radical (unpaired) electrons. The minimum absolute atomic E-state index is 0.162. The van der Waals surface area contributed by atoms with E-state index in [9.17, 15) is 14.7 Å². The van der Waals surface area contributed by atoms with Crippen LogP contribution in [0.15, 0.2) is 25.3 Å². The first kappa shape index (κ1) is 59.3. The molecule has 0 heterocycles. The van der Waals surface area contributed by atoms with E-state index in [0.717, 1.165) is 95.1 Å². The molecule has 0 aliphatic carbocycles. The maximum atomic E-state index is 12.5. The number of aliphatic hydroxyl groups excluding tert-OH is 1. The standard InChI is InChI=1S/C53H105N5O3/c1-6-9-12-15-18-21-22-23-24-25-26-27-28-31-34-37-48-58(4,5)50-51(59)49-57(46-39-44-56-53(61)41-36-33-30-20-17-14-11-8-3)47-45-54-42-38-43-55-52(60)40-35-32-29-19-16-13-10-7-2/h7-8,51,54,59H,2-3,6,9-50H2,1,4-5H3,(H-,55,56,60,61)/p+1. The van der Waals surface area contributed by atoms with E-state index in [1.165, 1.54) is 154 Å². The Bertz CT molecular complexity index is 976. The minimum atomic E-state index is -0.394. The first-order valence-electron chi connectivity index (χ1n) is 26.4. The van der Waals surface area contributed by atoms with Gasteiger partial charge in [-0.1, -0.05) is 160 Å². The monoisotopic (exact) mass is 861 g/mol. The van der Waals surface area contributed by atoms with Crippen LogP contribution in [0.2, 0.25) is 0 Å². The number of likely N-dealkylation sites (N-methyl/N-ethyl adjacent to an activating group) is 1. The van der Waals surface area contributed by atoms with Crippen LogP contribution in [0.4, 0.5) is 0 Å². The summed E-state index contributed by atoms with van der Waals surface area (Å²) in [5.41, 5.74) is 0. The first-order valence-corrected chi connectivity index (χ1v) is 26.4. The molecule has 0 aromatic carbocycles. The van der Waals surface area contributed by atoms with Gasteiger partial charge in [0.05, 0.1) is 20.6 Å². The van der Waals surface area contributed by atoms with Gasteiger partial charge in [-0.2, -0.15) is 0 Å². The zero-order valence-electron chi connectivity index (χ0n) is 41.2. The summed E-state index contributed by atoms with van der Waals surface area (Å²) in [4.78, 5) is 27.1. The van der Waals surface area contributed by atoms with Crippen molar-refractivity contribution in [2.75, 3.05) is 73.0 Å². The third-order valence-corrected chi connectivity index (χ3v) is 12.3. The maximum absolute atomic E-state index is 12.5. The molecule has 4 N–H and O–H groups in total. The Kier molecular flexibility index (Phi) is 44.9. The summed E-state index contributed by atoms with van der Waals surface area (Å²) in [5, 5.41) is 21.1. The van der Waals surface area contributed by atoms with Gasteiger partial charge in [0.1, 0.15) is 12.6 Å². The van der Waals surface area contributed by atoms with E-state index in [2.05, 4.69) is 55.0 Å². The van der Waals surface area contributed by atoms with E-state index in [1.54, 1.807) is 0 Å². The van der Waals surface area contributed by atoms with Crippen LogP contribution < -0.4 is 16.0 Å². The Labute approximate surface area is 380 Å². The lowest BCUT2D eigenvalue weighted by molar-refractivity contribution is -0.893. The Morgan fingerprint density at radius 1 is 0.525 bits per heavy atom. The largest absolute Gasteiger partial charge is 0.386 e. The quantitative estimate of drug-likeness (QED) is 0.0278. The summed E-state index contributed by atoms with van der Waals surface area (Å²) >= 11 is 0. The number of nitrogens with one attached hydrogen (secondary N) is 3. The van der Waals surface area contributed by atoms with Crippen molar-refractivity contribution in [3.63, 3.8) is 0 Å². The second-order valence-electron chi connectivity index (χ2n) is 19.2. The van der Waals surface area contributed by atoms with Crippen molar-refractivity contribution in [2.24, 2.45) is 0 Å². The van der Waals surface area contributed by atoms with Gasteiger partial charge in [-0.3, -0.25) is 14.5 Å². The van der Waals surface area contributed by atoms with Crippen LogP contribution in [0.3, 0.4) is 0 Å².